The zero-order valence-electron chi connectivity index (χ0n) is 13.2. The van der Waals surface area contributed by atoms with E-state index >= 15 is 0 Å². The van der Waals surface area contributed by atoms with Crippen LogP contribution in [-0.4, -0.2) is 22.8 Å². The number of nitrogens with two attached hydrogens (primary N) is 1. The molecule has 1 saturated heterocycles. The molecule has 2 aromatic rings. The van der Waals surface area contributed by atoms with Crippen molar-refractivity contribution in [1.29, 1.82) is 0 Å². The standard InChI is InChI=1S/C17H25N3O/c1-17(2,3)20-15-5-4-12(11-18)10-14(15)19-16(20)13-6-8-21-9-7-13/h4-5,10,13H,6-9,11,18H2,1-3H3. The van der Waals surface area contributed by atoms with Gasteiger partial charge in [0.25, 0.3) is 0 Å². The number of benzene rings is 1. The Bertz CT molecular complexity index is 633. The second-order valence-corrected chi connectivity index (χ2v) is 6.89. The van der Waals surface area contributed by atoms with Gasteiger partial charge in [-0.15, -0.1) is 0 Å². The monoisotopic (exact) mass is 287 g/mol. The van der Waals surface area contributed by atoms with Gasteiger partial charge in [-0.2, -0.15) is 0 Å². The van der Waals surface area contributed by atoms with E-state index in [4.69, 9.17) is 15.5 Å². The summed E-state index contributed by atoms with van der Waals surface area (Å²) >= 11 is 0. The minimum absolute atomic E-state index is 0.0205. The van der Waals surface area contributed by atoms with Crippen LogP contribution in [0.4, 0.5) is 0 Å². The zero-order chi connectivity index (χ0) is 15.0. The third-order valence-corrected chi connectivity index (χ3v) is 4.24. The first-order valence-corrected chi connectivity index (χ1v) is 7.80. The van der Waals surface area contributed by atoms with Gasteiger partial charge in [0.15, 0.2) is 0 Å². The molecule has 0 bridgehead atoms. The lowest BCUT2D eigenvalue weighted by atomic mass is 9.97. The molecule has 0 amide bonds. The molecule has 114 valence electrons. The van der Waals surface area contributed by atoms with Crippen molar-refractivity contribution in [2.45, 2.75) is 51.6 Å². The van der Waals surface area contributed by atoms with Crippen LogP contribution < -0.4 is 5.73 Å². The van der Waals surface area contributed by atoms with Crippen molar-refractivity contribution in [3.63, 3.8) is 0 Å². The van der Waals surface area contributed by atoms with Crippen molar-refractivity contribution in [1.82, 2.24) is 9.55 Å². The highest BCUT2D eigenvalue weighted by Gasteiger charge is 2.27. The predicted octanol–water partition coefficient (Wildman–Crippen LogP) is 3.14. The molecule has 0 saturated carbocycles. The molecule has 0 aliphatic carbocycles. The van der Waals surface area contributed by atoms with Crippen molar-refractivity contribution < 1.29 is 4.74 Å². The number of nitrogens with zero attached hydrogens (tertiary/aromatic N) is 2. The number of aromatic nitrogens is 2. The summed E-state index contributed by atoms with van der Waals surface area (Å²) in [6.07, 6.45) is 2.12. The summed E-state index contributed by atoms with van der Waals surface area (Å²) < 4.78 is 7.91. The lowest BCUT2D eigenvalue weighted by molar-refractivity contribution is 0.0820. The number of ether oxygens (including phenoxy) is 1. The number of hydrogen-bond acceptors (Lipinski definition) is 3. The summed E-state index contributed by atoms with van der Waals surface area (Å²) in [5.74, 6) is 1.70. The number of imidazole rings is 1. The average molecular weight is 287 g/mol. The van der Waals surface area contributed by atoms with Crippen LogP contribution in [0.1, 0.15) is 50.9 Å². The molecule has 1 aromatic carbocycles. The van der Waals surface area contributed by atoms with Gasteiger partial charge < -0.3 is 15.0 Å². The number of fused-ring (bicyclic) bond motifs is 1. The van der Waals surface area contributed by atoms with E-state index in [2.05, 4.69) is 43.5 Å². The average Bonchev–Trinajstić information content (AvgIpc) is 2.86. The van der Waals surface area contributed by atoms with E-state index in [1.165, 1.54) is 11.3 Å². The molecule has 1 aromatic heterocycles. The number of rotatable bonds is 2. The summed E-state index contributed by atoms with van der Waals surface area (Å²) in [6.45, 7) is 8.97. The van der Waals surface area contributed by atoms with E-state index in [9.17, 15) is 0 Å². The van der Waals surface area contributed by atoms with Crippen molar-refractivity contribution in [2.75, 3.05) is 13.2 Å². The van der Waals surface area contributed by atoms with Gasteiger partial charge in [-0.3, -0.25) is 0 Å². The maximum Gasteiger partial charge on any atom is 0.113 e. The van der Waals surface area contributed by atoms with Crippen LogP contribution in [0.2, 0.25) is 0 Å². The van der Waals surface area contributed by atoms with Gasteiger partial charge in [-0.1, -0.05) is 6.07 Å². The van der Waals surface area contributed by atoms with Crippen molar-refractivity contribution in [3.8, 4) is 0 Å². The van der Waals surface area contributed by atoms with E-state index in [0.29, 0.717) is 12.5 Å². The quantitative estimate of drug-likeness (QED) is 0.923. The van der Waals surface area contributed by atoms with Gasteiger partial charge >= 0.3 is 0 Å². The Morgan fingerprint density at radius 1 is 1.29 bits per heavy atom. The first kappa shape index (κ1) is 14.5. The Balaban J connectivity index is 2.16. The van der Waals surface area contributed by atoms with Crippen molar-refractivity contribution in [3.05, 3.63) is 29.6 Å². The van der Waals surface area contributed by atoms with Gasteiger partial charge in [-0.05, 0) is 51.3 Å². The molecule has 1 aliphatic rings. The second-order valence-electron chi connectivity index (χ2n) is 6.89. The highest BCUT2D eigenvalue weighted by atomic mass is 16.5. The Hall–Kier alpha value is -1.39. The second kappa shape index (κ2) is 5.43. The normalized spacial score (nSPS) is 17.5. The lowest BCUT2D eigenvalue weighted by Crippen LogP contribution is -2.27. The summed E-state index contributed by atoms with van der Waals surface area (Å²) in [5, 5.41) is 0. The van der Waals surface area contributed by atoms with E-state index in [0.717, 1.165) is 37.1 Å². The summed E-state index contributed by atoms with van der Waals surface area (Å²) in [7, 11) is 0. The topological polar surface area (TPSA) is 53.1 Å². The molecule has 0 unspecified atom stereocenters. The SMILES string of the molecule is CC(C)(C)n1c(C2CCOCC2)nc2cc(CN)ccc21. The van der Waals surface area contributed by atoms with Crippen LogP contribution >= 0.6 is 0 Å². The van der Waals surface area contributed by atoms with E-state index < -0.39 is 0 Å². The fourth-order valence-corrected chi connectivity index (χ4v) is 3.21. The minimum atomic E-state index is 0.0205. The summed E-state index contributed by atoms with van der Waals surface area (Å²) in [6, 6.07) is 6.40. The minimum Gasteiger partial charge on any atom is -0.381 e. The molecule has 0 spiro atoms. The van der Waals surface area contributed by atoms with Gasteiger partial charge in [0.1, 0.15) is 5.82 Å². The Morgan fingerprint density at radius 3 is 2.62 bits per heavy atom. The molecule has 3 rings (SSSR count). The summed E-state index contributed by atoms with van der Waals surface area (Å²) in [4.78, 5) is 4.96. The van der Waals surface area contributed by atoms with E-state index in [1.807, 2.05) is 0 Å². The third kappa shape index (κ3) is 2.70. The fourth-order valence-electron chi connectivity index (χ4n) is 3.21. The fraction of sp³-hybridized carbons (Fsp3) is 0.588. The van der Waals surface area contributed by atoms with E-state index in [1.54, 1.807) is 0 Å². The molecule has 0 atom stereocenters. The Labute approximate surface area is 126 Å². The van der Waals surface area contributed by atoms with Gasteiger partial charge in [0, 0.05) is 31.2 Å². The zero-order valence-corrected chi connectivity index (χ0v) is 13.2. The van der Waals surface area contributed by atoms with E-state index in [-0.39, 0.29) is 5.54 Å². The van der Waals surface area contributed by atoms with Crippen molar-refractivity contribution >= 4 is 11.0 Å². The van der Waals surface area contributed by atoms with Crippen molar-refractivity contribution in [2.24, 2.45) is 5.73 Å². The number of hydrogen-bond donors (Lipinski definition) is 1. The molecule has 4 heteroatoms. The third-order valence-electron chi connectivity index (χ3n) is 4.24. The maximum atomic E-state index is 5.76. The predicted molar refractivity (Wildman–Crippen MR) is 85.4 cm³/mol. The van der Waals surface area contributed by atoms with Crippen LogP contribution in [0.15, 0.2) is 18.2 Å². The highest BCUT2D eigenvalue weighted by molar-refractivity contribution is 5.77. The van der Waals surface area contributed by atoms with Crippen LogP contribution in [0.3, 0.4) is 0 Å². The summed E-state index contributed by atoms with van der Waals surface area (Å²) in [5.41, 5.74) is 9.20. The highest BCUT2D eigenvalue weighted by Crippen LogP contribution is 2.33. The smallest absolute Gasteiger partial charge is 0.113 e. The largest absolute Gasteiger partial charge is 0.381 e. The van der Waals surface area contributed by atoms with Crippen LogP contribution in [0.25, 0.3) is 11.0 Å². The van der Waals surface area contributed by atoms with Crippen LogP contribution in [0.5, 0.6) is 0 Å². The Morgan fingerprint density at radius 2 is 2.00 bits per heavy atom. The van der Waals surface area contributed by atoms with Gasteiger partial charge in [0.2, 0.25) is 0 Å². The molecule has 1 fully saturated rings. The molecular weight excluding hydrogens is 262 g/mol. The lowest BCUT2D eigenvalue weighted by Gasteiger charge is -2.29. The molecule has 21 heavy (non-hydrogen) atoms. The first-order chi connectivity index (χ1) is 10.0. The van der Waals surface area contributed by atoms with Gasteiger partial charge in [-0.25, -0.2) is 4.98 Å². The maximum absolute atomic E-state index is 5.76. The molecule has 1 aliphatic heterocycles. The molecule has 2 N–H and O–H groups in total. The molecular formula is C17H25N3O. The van der Waals surface area contributed by atoms with Crippen LogP contribution in [0, 0.1) is 0 Å². The van der Waals surface area contributed by atoms with Gasteiger partial charge in [0.05, 0.1) is 11.0 Å². The Kier molecular flexibility index (Phi) is 3.76. The molecule has 0 radical (unpaired) electrons. The molecule has 2 heterocycles. The first-order valence-electron chi connectivity index (χ1n) is 7.80. The molecule has 4 nitrogen and oxygen atoms in total. The van der Waals surface area contributed by atoms with Crippen LogP contribution in [-0.2, 0) is 16.8 Å².